The molecular weight excluding hydrogens is 344 g/mol. The number of nitrogens with zero attached hydrogens (tertiary/aromatic N) is 4. The van der Waals surface area contributed by atoms with E-state index in [1.807, 2.05) is 44.4 Å². The molecule has 1 aromatic carbocycles. The molecule has 0 spiro atoms. The van der Waals surface area contributed by atoms with Gasteiger partial charge in [-0.2, -0.15) is 5.10 Å². The number of benzene rings is 1. The van der Waals surface area contributed by atoms with Crippen LogP contribution >= 0.6 is 22.9 Å². The molecule has 124 valence electrons. The normalized spacial score (nSPS) is 10.8. The highest BCUT2D eigenvalue weighted by Crippen LogP contribution is 2.30. The predicted octanol–water partition coefficient (Wildman–Crippen LogP) is 3.78. The van der Waals surface area contributed by atoms with Crippen molar-refractivity contribution in [1.29, 1.82) is 0 Å². The SMILES string of the molecule is Cc1nc(-c2cccc(Cl)c2)sc1C(=O)N(C)Cc1cnn(C)c1. The number of thiazole rings is 1. The third-order valence-corrected chi connectivity index (χ3v) is 5.02. The Bertz CT molecular complexity index is 886. The summed E-state index contributed by atoms with van der Waals surface area (Å²) in [5, 5.41) is 5.58. The first-order valence-corrected chi connectivity index (χ1v) is 8.60. The van der Waals surface area contributed by atoms with E-state index in [0.717, 1.165) is 21.8 Å². The average Bonchev–Trinajstić information content (AvgIpc) is 3.12. The van der Waals surface area contributed by atoms with E-state index in [1.165, 1.54) is 11.3 Å². The van der Waals surface area contributed by atoms with Gasteiger partial charge in [-0.15, -0.1) is 11.3 Å². The zero-order valence-corrected chi connectivity index (χ0v) is 15.2. The summed E-state index contributed by atoms with van der Waals surface area (Å²) < 4.78 is 1.73. The summed E-state index contributed by atoms with van der Waals surface area (Å²) in [6.07, 6.45) is 3.67. The Morgan fingerprint density at radius 2 is 2.21 bits per heavy atom. The highest BCUT2D eigenvalue weighted by molar-refractivity contribution is 7.17. The summed E-state index contributed by atoms with van der Waals surface area (Å²) >= 11 is 7.43. The van der Waals surface area contributed by atoms with E-state index in [2.05, 4.69) is 10.1 Å². The summed E-state index contributed by atoms with van der Waals surface area (Å²) in [6, 6.07) is 7.49. The maximum Gasteiger partial charge on any atom is 0.265 e. The van der Waals surface area contributed by atoms with Crippen molar-refractivity contribution in [2.75, 3.05) is 7.05 Å². The monoisotopic (exact) mass is 360 g/mol. The molecule has 1 amide bonds. The molecule has 0 aliphatic heterocycles. The van der Waals surface area contributed by atoms with Gasteiger partial charge in [0, 0.05) is 43.0 Å². The molecule has 2 heterocycles. The first-order chi connectivity index (χ1) is 11.4. The first-order valence-electron chi connectivity index (χ1n) is 7.40. The fourth-order valence-electron chi connectivity index (χ4n) is 2.41. The summed E-state index contributed by atoms with van der Waals surface area (Å²) in [4.78, 5) is 19.6. The van der Waals surface area contributed by atoms with E-state index in [4.69, 9.17) is 11.6 Å². The van der Waals surface area contributed by atoms with Gasteiger partial charge in [-0.1, -0.05) is 23.7 Å². The van der Waals surface area contributed by atoms with E-state index in [9.17, 15) is 4.79 Å². The van der Waals surface area contributed by atoms with Gasteiger partial charge in [0.15, 0.2) is 0 Å². The van der Waals surface area contributed by atoms with Gasteiger partial charge in [-0.3, -0.25) is 9.48 Å². The quantitative estimate of drug-likeness (QED) is 0.711. The van der Waals surface area contributed by atoms with E-state index >= 15 is 0 Å². The van der Waals surface area contributed by atoms with Crippen molar-refractivity contribution in [1.82, 2.24) is 19.7 Å². The molecule has 0 bridgehead atoms. The number of amides is 1. The third kappa shape index (κ3) is 3.49. The third-order valence-electron chi connectivity index (χ3n) is 3.59. The van der Waals surface area contributed by atoms with Crippen molar-refractivity contribution < 1.29 is 4.79 Å². The van der Waals surface area contributed by atoms with Crippen molar-refractivity contribution in [2.24, 2.45) is 7.05 Å². The lowest BCUT2D eigenvalue weighted by atomic mass is 10.2. The topological polar surface area (TPSA) is 51.0 Å². The van der Waals surface area contributed by atoms with Gasteiger partial charge in [-0.05, 0) is 19.1 Å². The lowest BCUT2D eigenvalue weighted by Crippen LogP contribution is -2.25. The van der Waals surface area contributed by atoms with Crippen LogP contribution in [0.1, 0.15) is 20.9 Å². The van der Waals surface area contributed by atoms with Crippen LogP contribution in [0, 0.1) is 6.92 Å². The van der Waals surface area contributed by atoms with Gasteiger partial charge in [0.25, 0.3) is 5.91 Å². The molecule has 0 N–H and O–H groups in total. The van der Waals surface area contributed by atoms with E-state index in [0.29, 0.717) is 16.4 Å². The van der Waals surface area contributed by atoms with Crippen LogP contribution in [0.15, 0.2) is 36.7 Å². The second kappa shape index (κ2) is 6.75. The van der Waals surface area contributed by atoms with Gasteiger partial charge in [0.2, 0.25) is 0 Å². The zero-order valence-electron chi connectivity index (χ0n) is 13.7. The van der Waals surface area contributed by atoms with Gasteiger partial charge in [-0.25, -0.2) is 4.98 Å². The molecule has 7 heteroatoms. The molecule has 3 rings (SSSR count). The average molecular weight is 361 g/mol. The van der Waals surface area contributed by atoms with Crippen LogP contribution in [0.5, 0.6) is 0 Å². The molecule has 5 nitrogen and oxygen atoms in total. The maximum atomic E-state index is 12.7. The highest BCUT2D eigenvalue weighted by Gasteiger charge is 2.20. The molecule has 0 unspecified atom stereocenters. The minimum Gasteiger partial charge on any atom is -0.337 e. The lowest BCUT2D eigenvalue weighted by Gasteiger charge is -2.15. The second-order valence-corrected chi connectivity index (χ2v) is 7.06. The number of hydrogen-bond donors (Lipinski definition) is 0. The number of carbonyl (C=O) groups is 1. The molecule has 0 saturated heterocycles. The Hall–Kier alpha value is -2.18. The Balaban J connectivity index is 1.82. The number of aryl methyl sites for hydroxylation is 2. The number of hydrogen-bond acceptors (Lipinski definition) is 4. The van der Waals surface area contributed by atoms with Gasteiger partial charge in [0.05, 0.1) is 11.9 Å². The Morgan fingerprint density at radius 3 is 2.88 bits per heavy atom. The zero-order chi connectivity index (χ0) is 17.3. The van der Waals surface area contributed by atoms with Gasteiger partial charge >= 0.3 is 0 Å². The summed E-state index contributed by atoms with van der Waals surface area (Å²) in [6.45, 7) is 2.37. The Kier molecular flexibility index (Phi) is 4.69. The maximum absolute atomic E-state index is 12.7. The van der Waals surface area contributed by atoms with Crippen molar-refractivity contribution in [3.8, 4) is 10.6 Å². The summed E-state index contributed by atoms with van der Waals surface area (Å²) in [5.41, 5.74) is 2.65. The molecule has 0 atom stereocenters. The van der Waals surface area contributed by atoms with Crippen LogP contribution in [-0.4, -0.2) is 32.6 Å². The van der Waals surface area contributed by atoms with Crippen molar-refractivity contribution in [3.63, 3.8) is 0 Å². The molecule has 0 fully saturated rings. The molecule has 3 aromatic rings. The van der Waals surface area contributed by atoms with Crippen LogP contribution in [0.2, 0.25) is 5.02 Å². The predicted molar refractivity (Wildman–Crippen MR) is 96.3 cm³/mol. The van der Waals surface area contributed by atoms with Crippen LogP contribution in [-0.2, 0) is 13.6 Å². The lowest BCUT2D eigenvalue weighted by molar-refractivity contribution is 0.0789. The number of halogens is 1. The van der Waals surface area contributed by atoms with E-state index in [1.54, 1.807) is 22.8 Å². The van der Waals surface area contributed by atoms with Crippen molar-refractivity contribution >= 4 is 28.8 Å². The minimum atomic E-state index is -0.0397. The fourth-order valence-corrected chi connectivity index (χ4v) is 3.66. The van der Waals surface area contributed by atoms with E-state index < -0.39 is 0 Å². The molecule has 0 aliphatic rings. The number of rotatable bonds is 4. The van der Waals surface area contributed by atoms with Crippen molar-refractivity contribution in [2.45, 2.75) is 13.5 Å². The van der Waals surface area contributed by atoms with Crippen LogP contribution in [0.25, 0.3) is 10.6 Å². The minimum absolute atomic E-state index is 0.0397. The molecule has 24 heavy (non-hydrogen) atoms. The van der Waals surface area contributed by atoms with Gasteiger partial charge < -0.3 is 4.90 Å². The Morgan fingerprint density at radius 1 is 1.42 bits per heavy atom. The molecule has 0 saturated carbocycles. The Labute approximate surface area is 149 Å². The largest absolute Gasteiger partial charge is 0.337 e. The van der Waals surface area contributed by atoms with Crippen LogP contribution in [0.3, 0.4) is 0 Å². The van der Waals surface area contributed by atoms with Crippen LogP contribution < -0.4 is 0 Å². The number of aromatic nitrogens is 3. The fraction of sp³-hybridized carbons (Fsp3) is 0.235. The van der Waals surface area contributed by atoms with Crippen LogP contribution in [0.4, 0.5) is 0 Å². The number of carbonyl (C=O) groups excluding carboxylic acids is 1. The molecule has 0 aliphatic carbocycles. The molecule has 0 radical (unpaired) electrons. The highest BCUT2D eigenvalue weighted by atomic mass is 35.5. The summed E-state index contributed by atoms with van der Waals surface area (Å²) in [5.74, 6) is -0.0397. The first kappa shape index (κ1) is 16.7. The summed E-state index contributed by atoms with van der Waals surface area (Å²) in [7, 11) is 3.64. The molecule has 2 aromatic heterocycles. The van der Waals surface area contributed by atoms with Crippen molar-refractivity contribution in [3.05, 3.63) is 57.8 Å². The standard InChI is InChI=1S/C17H17ClN4OS/c1-11-15(17(23)21(2)9-12-8-19-22(3)10-12)24-16(20-11)13-5-4-6-14(18)7-13/h4-8,10H,9H2,1-3H3. The van der Waals surface area contributed by atoms with E-state index in [-0.39, 0.29) is 5.91 Å². The van der Waals surface area contributed by atoms with Gasteiger partial charge in [0.1, 0.15) is 9.88 Å². The molecular formula is C17H17ClN4OS. The second-order valence-electron chi connectivity index (χ2n) is 5.63. The smallest absolute Gasteiger partial charge is 0.265 e.